The number of carbonyl (C=O) groups excluding carboxylic acids is 1. The summed E-state index contributed by atoms with van der Waals surface area (Å²) in [6.45, 7) is 3.75. The molecule has 1 amide bonds. The SMILES string of the molecule is Cc1ccc(C)n1NC(=O)c1ccnc(F)c1. The molecule has 0 aliphatic carbocycles. The van der Waals surface area contributed by atoms with Gasteiger partial charge in [-0.2, -0.15) is 4.39 Å². The first-order valence-electron chi connectivity index (χ1n) is 5.16. The van der Waals surface area contributed by atoms with Gasteiger partial charge in [0.2, 0.25) is 5.95 Å². The van der Waals surface area contributed by atoms with Crippen LogP contribution in [0.5, 0.6) is 0 Å². The predicted molar refractivity (Wildman–Crippen MR) is 61.8 cm³/mol. The lowest BCUT2D eigenvalue weighted by Crippen LogP contribution is -2.24. The zero-order valence-electron chi connectivity index (χ0n) is 9.57. The molecule has 0 saturated carbocycles. The molecule has 0 saturated heterocycles. The summed E-state index contributed by atoms with van der Waals surface area (Å²) in [7, 11) is 0. The zero-order chi connectivity index (χ0) is 12.4. The van der Waals surface area contributed by atoms with E-state index in [4.69, 9.17) is 0 Å². The second-order valence-electron chi connectivity index (χ2n) is 3.76. The number of hydrogen-bond acceptors (Lipinski definition) is 2. The molecule has 2 aromatic heterocycles. The number of amides is 1. The molecule has 0 spiro atoms. The third-order valence-corrected chi connectivity index (χ3v) is 2.47. The summed E-state index contributed by atoms with van der Waals surface area (Å²) in [5.74, 6) is -1.03. The fourth-order valence-electron chi connectivity index (χ4n) is 1.55. The summed E-state index contributed by atoms with van der Waals surface area (Å²) < 4.78 is 14.5. The second kappa shape index (κ2) is 4.37. The van der Waals surface area contributed by atoms with Crippen LogP contribution in [0.2, 0.25) is 0 Å². The quantitative estimate of drug-likeness (QED) is 0.807. The average Bonchev–Trinajstić information content (AvgIpc) is 2.61. The maximum atomic E-state index is 12.9. The van der Waals surface area contributed by atoms with E-state index in [0.29, 0.717) is 0 Å². The van der Waals surface area contributed by atoms with Crippen LogP contribution in [0.1, 0.15) is 21.7 Å². The highest BCUT2D eigenvalue weighted by Gasteiger charge is 2.09. The van der Waals surface area contributed by atoms with Crippen LogP contribution in [-0.2, 0) is 0 Å². The molecule has 0 fully saturated rings. The van der Waals surface area contributed by atoms with Gasteiger partial charge in [-0.15, -0.1) is 0 Å². The molecule has 0 bridgehead atoms. The van der Waals surface area contributed by atoms with E-state index in [1.165, 1.54) is 12.3 Å². The van der Waals surface area contributed by atoms with Crippen LogP contribution in [0.3, 0.4) is 0 Å². The number of nitrogens with zero attached hydrogens (tertiary/aromatic N) is 2. The number of carbonyl (C=O) groups is 1. The van der Waals surface area contributed by atoms with Crippen molar-refractivity contribution in [3.8, 4) is 0 Å². The smallest absolute Gasteiger partial charge is 0.267 e. The number of rotatable bonds is 2. The Balaban J connectivity index is 2.23. The van der Waals surface area contributed by atoms with E-state index < -0.39 is 5.95 Å². The Labute approximate surface area is 98.1 Å². The van der Waals surface area contributed by atoms with Gasteiger partial charge in [-0.1, -0.05) is 0 Å². The Morgan fingerprint density at radius 2 is 1.94 bits per heavy atom. The number of aromatic nitrogens is 2. The first-order chi connectivity index (χ1) is 8.08. The monoisotopic (exact) mass is 233 g/mol. The summed E-state index contributed by atoms with van der Waals surface area (Å²) in [5.41, 5.74) is 4.74. The van der Waals surface area contributed by atoms with Gasteiger partial charge in [0, 0.05) is 29.2 Å². The zero-order valence-corrected chi connectivity index (χ0v) is 9.57. The Bertz CT molecular complexity index is 543. The topological polar surface area (TPSA) is 46.9 Å². The highest BCUT2D eigenvalue weighted by atomic mass is 19.1. The minimum absolute atomic E-state index is 0.241. The van der Waals surface area contributed by atoms with E-state index in [1.54, 1.807) is 4.68 Å². The molecular formula is C12H12FN3O. The van der Waals surface area contributed by atoms with E-state index in [0.717, 1.165) is 17.5 Å². The van der Waals surface area contributed by atoms with Crippen molar-refractivity contribution < 1.29 is 9.18 Å². The molecule has 0 aliphatic rings. The first-order valence-corrected chi connectivity index (χ1v) is 5.16. The predicted octanol–water partition coefficient (Wildman–Crippen LogP) is 2.02. The highest BCUT2D eigenvalue weighted by Crippen LogP contribution is 2.06. The van der Waals surface area contributed by atoms with Crippen molar-refractivity contribution in [2.24, 2.45) is 0 Å². The molecule has 2 heterocycles. The van der Waals surface area contributed by atoms with Crippen molar-refractivity contribution in [1.29, 1.82) is 0 Å². The Kier molecular flexibility index (Phi) is 2.91. The van der Waals surface area contributed by atoms with Crippen LogP contribution in [0, 0.1) is 19.8 Å². The van der Waals surface area contributed by atoms with E-state index >= 15 is 0 Å². The van der Waals surface area contributed by atoms with Crippen LogP contribution >= 0.6 is 0 Å². The van der Waals surface area contributed by atoms with Crippen molar-refractivity contribution in [2.45, 2.75) is 13.8 Å². The maximum absolute atomic E-state index is 12.9. The van der Waals surface area contributed by atoms with Crippen LogP contribution in [-0.4, -0.2) is 15.6 Å². The summed E-state index contributed by atoms with van der Waals surface area (Å²) in [4.78, 5) is 15.2. The summed E-state index contributed by atoms with van der Waals surface area (Å²) >= 11 is 0. The van der Waals surface area contributed by atoms with Crippen molar-refractivity contribution in [3.63, 3.8) is 0 Å². The fraction of sp³-hybridized carbons (Fsp3) is 0.167. The fourth-order valence-corrected chi connectivity index (χ4v) is 1.55. The molecule has 0 aliphatic heterocycles. The molecule has 5 heteroatoms. The standard InChI is InChI=1S/C12H12FN3O/c1-8-3-4-9(2)16(8)15-12(17)10-5-6-14-11(13)7-10/h3-7H,1-2H3,(H,15,17). The van der Waals surface area contributed by atoms with Gasteiger partial charge in [-0.05, 0) is 32.0 Å². The minimum atomic E-state index is -0.668. The molecule has 0 unspecified atom stereocenters. The summed E-state index contributed by atoms with van der Waals surface area (Å²) in [6, 6.07) is 6.35. The highest BCUT2D eigenvalue weighted by molar-refractivity contribution is 5.99. The Morgan fingerprint density at radius 3 is 2.53 bits per heavy atom. The Morgan fingerprint density at radius 1 is 1.29 bits per heavy atom. The van der Waals surface area contributed by atoms with Gasteiger partial charge in [0.15, 0.2) is 0 Å². The number of aryl methyl sites for hydroxylation is 2. The number of nitrogens with one attached hydrogen (secondary N) is 1. The molecule has 0 radical (unpaired) electrons. The van der Waals surface area contributed by atoms with Crippen LogP contribution in [0.25, 0.3) is 0 Å². The molecule has 17 heavy (non-hydrogen) atoms. The molecule has 0 atom stereocenters. The van der Waals surface area contributed by atoms with Crippen molar-refractivity contribution in [2.75, 3.05) is 5.43 Å². The number of pyridine rings is 1. The summed E-state index contributed by atoms with van der Waals surface area (Å²) in [5, 5.41) is 0. The molecule has 1 N–H and O–H groups in total. The van der Waals surface area contributed by atoms with Crippen molar-refractivity contribution >= 4 is 5.91 Å². The third kappa shape index (κ3) is 2.33. The van der Waals surface area contributed by atoms with Crippen molar-refractivity contribution in [3.05, 3.63) is 53.4 Å². The molecular weight excluding hydrogens is 221 g/mol. The first kappa shape index (κ1) is 11.3. The molecule has 4 nitrogen and oxygen atoms in total. The number of hydrogen-bond donors (Lipinski definition) is 1. The van der Waals surface area contributed by atoms with Gasteiger partial charge >= 0.3 is 0 Å². The largest absolute Gasteiger partial charge is 0.270 e. The van der Waals surface area contributed by atoms with Gasteiger partial charge < -0.3 is 0 Å². The van der Waals surface area contributed by atoms with Gasteiger partial charge in [0.25, 0.3) is 5.91 Å². The lowest BCUT2D eigenvalue weighted by atomic mass is 10.2. The molecule has 2 aromatic rings. The number of halogens is 1. The lowest BCUT2D eigenvalue weighted by molar-refractivity contribution is 0.101. The minimum Gasteiger partial charge on any atom is -0.267 e. The Hall–Kier alpha value is -2.17. The van der Waals surface area contributed by atoms with E-state index in [-0.39, 0.29) is 11.5 Å². The molecule has 88 valence electrons. The van der Waals surface area contributed by atoms with Gasteiger partial charge in [0.05, 0.1) is 0 Å². The van der Waals surface area contributed by atoms with Gasteiger partial charge in [0.1, 0.15) is 0 Å². The van der Waals surface area contributed by atoms with Crippen LogP contribution in [0.15, 0.2) is 30.5 Å². The van der Waals surface area contributed by atoms with E-state index in [2.05, 4.69) is 10.4 Å². The molecule has 0 aromatic carbocycles. The summed E-state index contributed by atoms with van der Waals surface area (Å²) in [6.07, 6.45) is 1.26. The van der Waals surface area contributed by atoms with E-state index in [1.807, 2.05) is 26.0 Å². The average molecular weight is 233 g/mol. The van der Waals surface area contributed by atoms with Gasteiger partial charge in [-0.25, -0.2) is 4.98 Å². The van der Waals surface area contributed by atoms with Gasteiger partial charge in [-0.3, -0.25) is 14.9 Å². The van der Waals surface area contributed by atoms with E-state index in [9.17, 15) is 9.18 Å². The maximum Gasteiger partial charge on any atom is 0.270 e. The van der Waals surface area contributed by atoms with Crippen LogP contribution in [0.4, 0.5) is 4.39 Å². The van der Waals surface area contributed by atoms with Crippen molar-refractivity contribution in [1.82, 2.24) is 9.66 Å². The normalized spacial score (nSPS) is 10.3. The molecule has 2 rings (SSSR count). The van der Waals surface area contributed by atoms with Crippen LogP contribution < -0.4 is 5.43 Å². The lowest BCUT2D eigenvalue weighted by Gasteiger charge is -2.10. The second-order valence-corrected chi connectivity index (χ2v) is 3.76. The third-order valence-electron chi connectivity index (χ3n) is 2.47.